The highest BCUT2D eigenvalue weighted by atomic mass is 16.5. The van der Waals surface area contributed by atoms with Crippen molar-refractivity contribution in [1.82, 2.24) is 10.2 Å². The SMILES string of the molecule is CCCCCOc1ccc(-c2n[nH]c(CO)c2C)cc1. The molecule has 20 heavy (non-hydrogen) atoms. The molecular weight excluding hydrogens is 252 g/mol. The number of aliphatic hydroxyl groups excluding tert-OH is 1. The molecule has 0 radical (unpaired) electrons. The van der Waals surface area contributed by atoms with Crippen LogP contribution in [0.3, 0.4) is 0 Å². The summed E-state index contributed by atoms with van der Waals surface area (Å²) in [6, 6.07) is 7.93. The molecule has 0 saturated carbocycles. The monoisotopic (exact) mass is 274 g/mol. The number of ether oxygens (including phenoxy) is 1. The number of nitrogens with one attached hydrogen (secondary N) is 1. The largest absolute Gasteiger partial charge is 0.494 e. The van der Waals surface area contributed by atoms with Crippen molar-refractivity contribution in [3.05, 3.63) is 35.5 Å². The van der Waals surface area contributed by atoms with Gasteiger partial charge in [-0.15, -0.1) is 0 Å². The number of nitrogens with zero attached hydrogens (tertiary/aromatic N) is 1. The molecule has 0 aliphatic carbocycles. The summed E-state index contributed by atoms with van der Waals surface area (Å²) in [6.07, 6.45) is 3.50. The third-order valence-corrected chi connectivity index (χ3v) is 3.41. The lowest BCUT2D eigenvalue weighted by Gasteiger charge is -2.06. The van der Waals surface area contributed by atoms with Crippen molar-refractivity contribution < 1.29 is 9.84 Å². The van der Waals surface area contributed by atoms with Crippen molar-refractivity contribution in [2.24, 2.45) is 0 Å². The Labute approximate surface area is 119 Å². The molecule has 1 heterocycles. The second-order valence-electron chi connectivity index (χ2n) is 4.91. The van der Waals surface area contributed by atoms with Gasteiger partial charge in [-0.3, -0.25) is 5.10 Å². The number of benzene rings is 1. The van der Waals surface area contributed by atoms with Gasteiger partial charge >= 0.3 is 0 Å². The van der Waals surface area contributed by atoms with E-state index in [9.17, 15) is 5.11 Å². The van der Waals surface area contributed by atoms with E-state index in [2.05, 4.69) is 17.1 Å². The molecule has 0 amide bonds. The summed E-state index contributed by atoms with van der Waals surface area (Å²) in [5, 5.41) is 16.3. The van der Waals surface area contributed by atoms with Crippen molar-refractivity contribution >= 4 is 0 Å². The molecule has 4 nitrogen and oxygen atoms in total. The third-order valence-electron chi connectivity index (χ3n) is 3.41. The van der Waals surface area contributed by atoms with Crippen molar-refractivity contribution in [3.8, 4) is 17.0 Å². The first-order valence-electron chi connectivity index (χ1n) is 7.14. The Morgan fingerprint density at radius 2 is 1.95 bits per heavy atom. The third kappa shape index (κ3) is 3.39. The maximum atomic E-state index is 9.17. The van der Waals surface area contributed by atoms with Crippen LogP contribution in [0.4, 0.5) is 0 Å². The molecule has 1 aromatic carbocycles. The molecule has 0 aliphatic rings. The highest BCUT2D eigenvalue weighted by Crippen LogP contribution is 2.25. The number of unbranched alkanes of at least 4 members (excludes halogenated alkanes) is 2. The summed E-state index contributed by atoms with van der Waals surface area (Å²) in [6.45, 7) is 4.89. The number of aromatic nitrogens is 2. The molecule has 0 bridgehead atoms. The first kappa shape index (κ1) is 14.6. The van der Waals surface area contributed by atoms with E-state index in [1.165, 1.54) is 12.8 Å². The molecule has 0 saturated heterocycles. The Morgan fingerprint density at radius 1 is 1.20 bits per heavy atom. The maximum absolute atomic E-state index is 9.17. The topological polar surface area (TPSA) is 58.1 Å². The van der Waals surface area contributed by atoms with E-state index in [1.54, 1.807) is 0 Å². The summed E-state index contributed by atoms with van der Waals surface area (Å²) >= 11 is 0. The van der Waals surface area contributed by atoms with Gasteiger partial charge in [-0.25, -0.2) is 0 Å². The minimum absolute atomic E-state index is 0.0164. The van der Waals surface area contributed by atoms with Crippen molar-refractivity contribution in [2.75, 3.05) is 6.61 Å². The minimum atomic E-state index is -0.0164. The van der Waals surface area contributed by atoms with Gasteiger partial charge in [0.2, 0.25) is 0 Å². The van der Waals surface area contributed by atoms with Gasteiger partial charge in [0, 0.05) is 11.1 Å². The number of aliphatic hydroxyl groups is 1. The van der Waals surface area contributed by atoms with E-state index in [-0.39, 0.29) is 6.61 Å². The lowest BCUT2D eigenvalue weighted by molar-refractivity contribution is 0.276. The summed E-state index contributed by atoms with van der Waals surface area (Å²) in [7, 11) is 0. The van der Waals surface area contributed by atoms with Gasteiger partial charge in [-0.2, -0.15) is 5.10 Å². The molecule has 108 valence electrons. The normalized spacial score (nSPS) is 10.8. The molecule has 0 atom stereocenters. The van der Waals surface area contributed by atoms with Gasteiger partial charge in [-0.05, 0) is 37.6 Å². The standard InChI is InChI=1S/C16H22N2O2/c1-3-4-5-10-20-14-8-6-13(7-9-14)16-12(2)15(11-19)17-18-16/h6-9,19H,3-5,10-11H2,1-2H3,(H,17,18). The van der Waals surface area contributed by atoms with Crippen LogP contribution in [0.25, 0.3) is 11.3 Å². The van der Waals surface area contributed by atoms with Crippen LogP contribution in [0.2, 0.25) is 0 Å². The summed E-state index contributed by atoms with van der Waals surface area (Å²) in [5.41, 5.74) is 3.66. The Bertz CT molecular complexity index is 532. The fraction of sp³-hybridized carbons (Fsp3) is 0.438. The van der Waals surface area contributed by atoms with Gasteiger partial charge in [0.15, 0.2) is 0 Å². The fourth-order valence-electron chi connectivity index (χ4n) is 2.12. The zero-order chi connectivity index (χ0) is 14.4. The van der Waals surface area contributed by atoms with Crippen LogP contribution < -0.4 is 4.74 Å². The van der Waals surface area contributed by atoms with Crippen LogP contribution in [0.5, 0.6) is 5.75 Å². The van der Waals surface area contributed by atoms with Gasteiger partial charge < -0.3 is 9.84 Å². The zero-order valence-electron chi connectivity index (χ0n) is 12.1. The second kappa shape index (κ2) is 7.10. The average Bonchev–Trinajstić information content (AvgIpc) is 2.85. The van der Waals surface area contributed by atoms with Crippen molar-refractivity contribution in [2.45, 2.75) is 39.7 Å². The molecule has 2 rings (SSSR count). The zero-order valence-corrected chi connectivity index (χ0v) is 12.1. The van der Waals surface area contributed by atoms with Gasteiger partial charge in [0.1, 0.15) is 5.75 Å². The van der Waals surface area contributed by atoms with E-state index >= 15 is 0 Å². The predicted octanol–water partition coefficient (Wildman–Crippen LogP) is 3.45. The average molecular weight is 274 g/mol. The number of aromatic amines is 1. The predicted molar refractivity (Wildman–Crippen MR) is 79.7 cm³/mol. The van der Waals surface area contributed by atoms with Gasteiger partial charge in [-0.1, -0.05) is 19.8 Å². The minimum Gasteiger partial charge on any atom is -0.494 e. The Kier molecular flexibility index (Phi) is 5.18. The first-order valence-corrected chi connectivity index (χ1v) is 7.14. The first-order chi connectivity index (χ1) is 9.76. The Morgan fingerprint density at radius 3 is 2.55 bits per heavy atom. The maximum Gasteiger partial charge on any atom is 0.119 e. The number of hydrogen-bond donors (Lipinski definition) is 2. The van der Waals surface area contributed by atoms with E-state index in [0.29, 0.717) is 0 Å². The smallest absolute Gasteiger partial charge is 0.119 e. The quantitative estimate of drug-likeness (QED) is 0.760. The van der Waals surface area contributed by atoms with E-state index in [0.717, 1.165) is 41.3 Å². The number of rotatable bonds is 7. The van der Waals surface area contributed by atoms with Gasteiger partial charge in [0.05, 0.1) is 24.6 Å². The molecule has 0 aliphatic heterocycles. The van der Waals surface area contributed by atoms with Crippen LogP contribution >= 0.6 is 0 Å². The van der Waals surface area contributed by atoms with Crippen molar-refractivity contribution in [1.29, 1.82) is 0 Å². The Balaban J connectivity index is 2.02. The summed E-state index contributed by atoms with van der Waals surface area (Å²) < 4.78 is 5.69. The lowest BCUT2D eigenvalue weighted by atomic mass is 10.1. The molecule has 1 aromatic heterocycles. The molecule has 2 N–H and O–H groups in total. The number of H-pyrrole nitrogens is 1. The van der Waals surface area contributed by atoms with Crippen LogP contribution in [-0.2, 0) is 6.61 Å². The lowest BCUT2D eigenvalue weighted by Crippen LogP contribution is -1.96. The highest BCUT2D eigenvalue weighted by molar-refractivity contribution is 5.64. The molecule has 0 unspecified atom stereocenters. The highest BCUT2D eigenvalue weighted by Gasteiger charge is 2.10. The Hall–Kier alpha value is -1.81. The molecule has 4 heteroatoms. The van der Waals surface area contributed by atoms with E-state index in [1.807, 2.05) is 31.2 Å². The van der Waals surface area contributed by atoms with E-state index in [4.69, 9.17) is 4.74 Å². The van der Waals surface area contributed by atoms with Crippen LogP contribution in [-0.4, -0.2) is 21.9 Å². The second-order valence-corrected chi connectivity index (χ2v) is 4.91. The van der Waals surface area contributed by atoms with Gasteiger partial charge in [0.25, 0.3) is 0 Å². The summed E-state index contributed by atoms with van der Waals surface area (Å²) in [5.74, 6) is 0.889. The van der Waals surface area contributed by atoms with Crippen LogP contribution in [0, 0.1) is 6.92 Å². The molecule has 2 aromatic rings. The van der Waals surface area contributed by atoms with Crippen LogP contribution in [0.1, 0.15) is 37.4 Å². The molecular formula is C16H22N2O2. The summed E-state index contributed by atoms with van der Waals surface area (Å²) in [4.78, 5) is 0. The van der Waals surface area contributed by atoms with Crippen molar-refractivity contribution in [3.63, 3.8) is 0 Å². The molecule has 0 spiro atoms. The fourth-order valence-corrected chi connectivity index (χ4v) is 2.12. The van der Waals surface area contributed by atoms with Crippen LogP contribution in [0.15, 0.2) is 24.3 Å². The number of hydrogen-bond acceptors (Lipinski definition) is 3. The molecule has 0 fully saturated rings. The van der Waals surface area contributed by atoms with E-state index < -0.39 is 0 Å².